The lowest BCUT2D eigenvalue weighted by atomic mass is 10.2. The average Bonchev–Trinajstić information content (AvgIpc) is 2.55. The second kappa shape index (κ2) is 5.81. The van der Waals surface area contributed by atoms with Gasteiger partial charge in [0.15, 0.2) is 6.73 Å². The van der Waals surface area contributed by atoms with Gasteiger partial charge in [-0.25, -0.2) is 9.59 Å². The van der Waals surface area contributed by atoms with Gasteiger partial charge in [0, 0.05) is 0 Å². The Kier molecular flexibility index (Phi) is 4.89. The highest BCUT2D eigenvalue weighted by atomic mass is 35.6. The lowest BCUT2D eigenvalue weighted by molar-refractivity contribution is -0.144. The van der Waals surface area contributed by atoms with Crippen LogP contribution in [0, 0.1) is 0 Å². The second-order valence-electron chi connectivity index (χ2n) is 3.35. The Morgan fingerprint density at radius 3 is 2.61 bits per heavy atom. The minimum absolute atomic E-state index is 0.393. The van der Waals surface area contributed by atoms with Gasteiger partial charge in [-0.1, -0.05) is 34.8 Å². The molecule has 1 rings (SSSR count). The van der Waals surface area contributed by atoms with Crippen LogP contribution < -0.4 is 0 Å². The van der Waals surface area contributed by atoms with E-state index in [1.807, 2.05) is 0 Å². The summed E-state index contributed by atoms with van der Waals surface area (Å²) in [6.45, 7) is -0.920. The summed E-state index contributed by atoms with van der Waals surface area (Å²) in [5.41, 5.74) is 0. The van der Waals surface area contributed by atoms with Crippen molar-refractivity contribution in [3.05, 3.63) is 0 Å². The smallest absolute Gasteiger partial charge is 0.413 e. The summed E-state index contributed by atoms with van der Waals surface area (Å²) in [5.74, 6) is -2.07. The number of hydrogen-bond acceptors (Lipinski definition) is 5. The van der Waals surface area contributed by atoms with Crippen LogP contribution in [0.5, 0.6) is 0 Å². The van der Waals surface area contributed by atoms with Crippen LogP contribution in [-0.2, 0) is 19.1 Å². The third-order valence-corrected chi connectivity index (χ3v) is 2.28. The maximum Gasteiger partial charge on any atom is 0.413 e. The third-order valence-electron chi connectivity index (χ3n) is 1.96. The fourth-order valence-electron chi connectivity index (χ4n) is 1.21. The Morgan fingerprint density at radius 2 is 2.11 bits per heavy atom. The summed E-state index contributed by atoms with van der Waals surface area (Å²) < 4.78 is 7.38. The Labute approximate surface area is 116 Å². The highest BCUT2D eigenvalue weighted by Gasteiger charge is 2.40. The molecule has 0 aromatic heterocycles. The van der Waals surface area contributed by atoms with Crippen LogP contribution in [-0.4, -0.2) is 51.2 Å². The number of rotatable bonds is 3. The van der Waals surface area contributed by atoms with E-state index >= 15 is 0 Å². The van der Waals surface area contributed by atoms with E-state index in [-0.39, 0.29) is 0 Å². The average molecular weight is 321 g/mol. The Morgan fingerprint density at radius 1 is 1.50 bits per heavy atom. The molecule has 10 heteroatoms. The van der Waals surface area contributed by atoms with Crippen molar-refractivity contribution in [3.8, 4) is 0 Å². The molecule has 1 N–H and O–H groups in total. The van der Waals surface area contributed by atoms with Crippen molar-refractivity contribution in [1.29, 1.82) is 0 Å². The topological polar surface area (TPSA) is 93.1 Å². The number of carbonyl (C=O) groups excluding carboxylic acids is 2. The molecule has 0 aromatic rings. The monoisotopic (exact) mass is 319 g/mol. The van der Waals surface area contributed by atoms with Crippen molar-refractivity contribution >= 4 is 52.8 Å². The summed E-state index contributed by atoms with van der Waals surface area (Å²) in [7, 11) is 0. The molecule has 18 heavy (non-hydrogen) atoms. The zero-order valence-corrected chi connectivity index (χ0v) is 11.0. The second-order valence-corrected chi connectivity index (χ2v) is 5.86. The van der Waals surface area contributed by atoms with Crippen molar-refractivity contribution < 1.29 is 29.0 Å². The van der Waals surface area contributed by atoms with E-state index in [1.165, 1.54) is 0 Å². The SMILES string of the molecule is O=C(O)CC1C(=O)OCN1C(=O)OCC(Cl)(Cl)Cl. The third kappa shape index (κ3) is 4.40. The lowest BCUT2D eigenvalue weighted by Gasteiger charge is -2.19. The number of esters is 1. The first-order valence-corrected chi connectivity index (χ1v) is 5.72. The summed E-state index contributed by atoms with van der Waals surface area (Å²) >= 11 is 16.1. The molecular weight excluding hydrogens is 312 g/mol. The number of alkyl halides is 3. The Bertz CT molecular complexity index is 368. The number of hydrogen-bond donors (Lipinski definition) is 1. The van der Waals surface area contributed by atoms with Crippen LogP contribution in [0.15, 0.2) is 0 Å². The molecular formula is C8H8Cl3NO6. The van der Waals surface area contributed by atoms with E-state index in [2.05, 4.69) is 9.47 Å². The summed E-state index contributed by atoms with van der Waals surface area (Å²) in [4.78, 5) is 34.1. The van der Waals surface area contributed by atoms with Crippen LogP contribution in [0.3, 0.4) is 0 Å². The zero-order valence-electron chi connectivity index (χ0n) is 8.77. The number of carboxylic acid groups (broad SMARTS) is 1. The molecule has 7 nitrogen and oxygen atoms in total. The number of ether oxygens (including phenoxy) is 2. The lowest BCUT2D eigenvalue weighted by Crippen LogP contribution is -2.40. The van der Waals surface area contributed by atoms with Crippen molar-refractivity contribution in [2.45, 2.75) is 16.3 Å². The maximum atomic E-state index is 11.5. The molecule has 1 aliphatic rings. The van der Waals surface area contributed by atoms with Gasteiger partial charge < -0.3 is 14.6 Å². The van der Waals surface area contributed by atoms with Gasteiger partial charge >= 0.3 is 18.0 Å². The fraction of sp³-hybridized carbons (Fsp3) is 0.625. The van der Waals surface area contributed by atoms with Crippen molar-refractivity contribution in [3.63, 3.8) is 0 Å². The highest BCUT2D eigenvalue weighted by Crippen LogP contribution is 2.26. The molecule has 1 heterocycles. The summed E-state index contributed by atoms with van der Waals surface area (Å²) in [6, 6.07) is -1.23. The van der Waals surface area contributed by atoms with Gasteiger partial charge in [0.2, 0.25) is 3.79 Å². The Hall–Kier alpha value is -0.920. The van der Waals surface area contributed by atoms with Crippen LogP contribution in [0.2, 0.25) is 0 Å². The predicted octanol–water partition coefficient (Wildman–Crippen LogP) is 1.15. The predicted molar refractivity (Wildman–Crippen MR) is 60.5 cm³/mol. The molecule has 0 bridgehead atoms. The van der Waals surface area contributed by atoms with E-state index < -0.39 is 47.6 Å². The van der Waals surface area contributed by atoms with Crippen LogP contribution in [0.1, 0.15) is 6.42 Å². The normalized spacial score (nSPS) is 19.6. The number of aliphatic carboxylic acids is 1. The maximum absolute atomic E-state index is 11.5. The van der Waals surface area contributed by atoms with Crippen molar-refractivity contribution in [2.75, 3.05) is 13.3 Å². The van der Waals surface area contributed by atoms with Gasteiger partial charge in [-0.3, -0.25) is 9.69 Å². The van der Waals surface area contributed by atoms with Crippen LogP contribution >= 0.6 is 34.8 Å². The van der Waals surface area contributed by atoms with Gasteiger partial charge in [-0.05, 0) is 0 Å². The quantitative estimate of drug-likeness (QED) is 0.619. The largest absolute Gasteiger partial charge is 0.481 e. The number of carbonyl (C=O) groups is 3. The number of carboxylic acids is 1. The molecule has 1 saturated heterocycles. The molecule has 0 saturated carbocycles. The first kappa shape index (κ1) is 15.1. The standard InChI is InChI=1S/C8H8Cl3NO6/c9-8(10,11)2-17-7(16)12-3-18-6(15)4(12)1-5(13)14/h4H,1-3H2,(H,13,14). The molecule has 0 spiro atoms. The number of halogens is 3. The Balaban J connectivity index is 2.61. The van der Waals surface area contributed by atoms with Gasteiger partial charge in [0.1, 0.15) is 12.6 Å². The molecule has 1 fully saturated rings. The molecule has 102 valence electrons. The number of amides is 1. The van der Waals surface area contributed by atoms with E-state index in [1.54, 1.807) is 0 Å². The van der Waals surface area contributed by atoms with E-state index in [4.69, 9.17) is 39.9 Å². The highest BCUT2D eigenvalue weighted by molar-refractivity contribution is 6.67. The van der Waals surface area contributed by atoms with Crippen LogP contribution in [0.25, 0.3) is 0 Å². The molecule has 1 amide bonds. The van der Waals surface area contributed by atoms with Crippen molar-refractivity contribution in [2.24, 2.45) is 0 Å². The zero-order chi connectivity index (χ0) is 13.9. The van der Waals surface area contributed by atoms with Gasteiger partial charge in [0.25, 0.3) is 0 Å². The fourth-order valence-corrected chi connectivity index (χ4v) is 1.38. The molecule has 0 aromatic carbocycles. The molecule has 1 atom stereocenters. The summed E-state index contributed by atoms with van der Waals surface area (Å²) in [5, 5.41) is 8.60. The van der Waals surface area contributed by atoms with E-state index in [0.717, 1.165) is 4.90 Å². The minimum Gasteiger partial charge on any atom is -0.481 e. The first-order chi connectivity index (χ1) is 8.20. The first-order valence-electron chi connectivity index (χ1n) is 4.59. The summed E-state index contributed by atoms with van der Waals surface area (Å²) in [6.07, 6.45) is -1.57. The molecule has 0 radical (unpaired) electrons. The van der Waals surface area contributed by atoms with Gasteiger partial charge in [0.05, 0.1) is 6.42 Å². The van der Waals surface area contributed by atoms with E-state index in [0.29, 0.717) is 0 Å². The minimum atomic E-state index is -1.79. The molecule has 1 unspecified atom stereocenters. The van der Waals surface area contributed by atoms with E-state index in [9.17, 15) is 14.4 Å². The van der Waals surface area contributed by atoms with Crippen molar-refractivity contribution in [1.82, 2.24) is 4.90 Å². The number of nitrogens with zero attached hydrogens (tertiary/aromatic N) is 1. The molecule has 0 aliphatic carbocycles. The molecule has 1 aliphatic heterocycles. The van der Waals surface area contributed by atoms with Crippen LogP contribution in [0.4, 0.5) is 4.79 Å². The number of cyclic esters (lactones) is 1. The van der Waals surface area contributed by atoms with Gasteiger partial charge in [-0.2, -0.15) is 0 Å². The van der Waals surface area contributed by atoms with Gasteiger partial charge in [-0.15, -0.1) is 0 Å².